The highest BCUT2D eigenvalue weighted by atomic mass is 35.5. The zero-order chi connectivity index (χ0) is 20.6. The summed E-state index contributed by atoms with van der Waals surface area (Å²) < 4.78 is 11.8. The maximum Gasteiger partial charge on any atom is 0.265 e. The second kappa shape index (κ2) is 9.99. The van der Waals surface area contributed by atoms with Crippen molar-refractivity contribution in [1.82, 2.24) is 0 Å². The van der Waals surface area contributed by atoms with E-state index in [1.54, 1.807) is 18.2 Å². The van der Waals surface area contributed by atoms with Gasteiger partial charge in [0.05, 0.1) is 5.69 Å². The van der Waals surface area contributed by atoms with Crippen LogP contribution in [-0.2, 0) is 11.2 Å². The number of para-hydroxylation sites is 1. The van der Waals surface area contributed by atoms with Gasteiger partial charge in [-0.2, -0.15) is 0 Å². The van der Waals surface area contributed by atoms with Gasteiger partial charge < -0.3 is 14.8 Å². The number of aryl methyl sites for hydroxylation is 1. The fourth-order valence-corrected chi connectivity index (χ4v) is 2.98. The summed E-state index contributed by atoms with van der Waals surface area (Å²) in [5.74, 6) is 1.59. The SMILES string of the molecule is CCc1ccc(O[C@H](CC)C(=O)Nc2cc(Cl)ccc2Oc2ccccc2)cc1. The van der Waals surface area contributed by atoms with Crippen molar-refractivity contribution >= 4 is 23.2 Å². The summed E-state index contributed by atoms with van der Waals surface area (Å²) in [5, 5.41) is 3.40. The number of amides is 1. The molecule has 0 unspecified atom stereocenters. The van der Waals surface area contributed by atoms with Crippen LogP contribution in [0.5, 0.6) is 17.2 Å². The molecule has 0 aliphatic rings. The first kappa shape index (κ1) is 20.7. The highest BCUT2D eigenvalue weighted by Gasteiger charge is 2.20. The van der Waals surface area contributed by atoms with Crippen LogP contribution in [0.1, 0.15) is 25.8 Å². The number of nitrogens with one attached hydrogen (secondary N) is 1. The van der Waals surface area contributed by atoms with Crippen LogP contribution in [0.3, 0.4) is 0 Å². The van der Waals surface area contributed by atoms with Gasteiger partial charge in [-0.1, -0.05) is 55.8 Å². The monoisotopic (exact) mass is 409 g/mol. The van der Waals surface area contributed by atoms with Gasteiger partial charge in [-0.15, -0.1) is 0 Å². The number of carbonyl (C=O) groups excluding carboxylic acids is 1. The second-order valence-electron chi connectivity index (χ2n) is 6.56. The smallest absolute Gasteiger partial charge is 0.265 e. The lowest BCUT2D eigenvalue weighted by atomic mass is 10.1. The number of anilines is 1. The van der Waals surface area contributed by atoms with Crippen LogP contribution in [0.4, 0.5) is 5.69 Å². The van der Waals surface area contributed by atoms with Gasteiger partial charge in [0.2, 0.25) is 0 Å². The predicted octanol–water partition coefficient (Wildman–Crippen LogP) is 6.49. The van der Waals surface area contributed by atoms with Gasteiger partial charge >= 0.3 is 0 Å². The molecule has 1 amide bonds. The van der Waals surface area contributed by atoms with Gasteiger partial charge in [-0.25, -0.2) is 0 Å². The number of ether oxygens (including phenoxy) is 2. The largest absolute Gasteiger partial charge is 0.481 e. The third kappa shape index (κ3) is 5.75. The molecule has 5 heteroatoms. The Morgan fingerprint density at radius 2 is 1.69 bits per heavy atom. The minimum atomic E-state index is -0.633. The molecule has 1 atom stereocenters. The molecule has 0 aliphatic carbocycles. The fraction of sp³-hybridized carbons (Fsp3) is 0.208. The Bertz CT molecular complexity index is 942. The van der Waals surface area contributed by atoms with Gasteiger partial charge in [0.15, 0.2) is 11.9 Å². The molecule has 3 aromatic carbocycles. The van der Waals surface area contributed by atoms with Crippen molar-refractivity contribution in [2.45, 2.75) is 32.8 Å². The minimum absolute atomic E-state index is 0.257. The first-order valence-corrected chi connectivity index (χ1v) is 10.1. The van der Waals surface area contributed by atoms with Gasteiger partial charge in [0.25, 0.3) is 5.91 Å². The van der Waals surface area contributed by atoms with E-state index in [1.807, 2.05) is 61.5 Å². The van der Waals surface area contributed by atoms with Crippen LogP contribution in [0, 0.1) is 0 Å². The van der Waals surface area contributed by atoms with E-state index >= 15 is 0 Å². The normalized spacial score (nSPS) is 11.6. The maximum atomic E-state index is 12.9. The van der Waals surface area contributed by atoms with Gasteiger partial charge in [0.1, 0.15) is 11.5 Å². The lowest BCUT2D eigenvalue weighted by molar-refractivity contribution is -0.122. The van der Waals surface area contributed by atoms with Crippen LogP contribution in [0.2, 0.25) is 5.02 Å². The molecule has 150 valence electrons. The van der Waals surface area contributed by atoms with Crippen molar-refractivity contribution in [3.05, 3.63) is 83.4 Å². The maximum absolute atomic E-state index is 12.9. The summed E-state index contributed by atoms with van der Waals surface area (Å²) in [5.41, 5.74) is 1.71. The Balaban J connectivity index is 1.74. The van der Waals surface area contributed by atoms with Crippen molar-refractivity contribution in [2.24, 2.45) is 0 Å². The van der Waals surface area contributed by atoms with Gasteiger partial charge in [0, 0.05) is 5.02 Å². The fourth-order valence-electron chi connectivity index (χ4n) is 2.81. The van der Waals surface area contributed by atoms with E-state index in [1.165, 1.54) is 5.56 Å². The molecular weight excluding hydrogens is 386 g/mol. The molecule has 3 rings (SSSR count). The molecule has 0 fully saturated rings. The molecule has 1 N–H and O–H groups in total. The molecule has 4 nitrogen and oxygen atoms in total. The van der Waals surface area contributed by atoms with Crippen molar-refractivity contribution in [3.8, 4) is 17.2 Å². The number of carbonyl (C=O) groups is 1. The number of hydrogen-bond donors (Lipinski definition) is 1. The third-order valence-corrected chi connectivity index (χ3v) is 4.68. The molecule has 0 aromatic heterocycles. The van der Waals surface area contributed by atoms with E-state index in [9.17, 15) is 4.79 Å². The van der Waals surface area contributed by atoms with Crippen molar-refractivity contribution in [2.75, 3.05) is 5.32 Å². The summed E-state index contributed by atoms with van der Waals surface area (Å²) >= 11 is 6.14. The predicted molar refractivity (Wildman–Crippen MR) is 117 cm³/mol. The van der Waals surface area contributed by atoms with E-state index in [0.29, 0.717) is 34.4 Å². The highest BCUT2D eigenvalue weighted by Crippen LogP contribution is 2.32. The molecule has 0 aliphatic heterocycles. The molecule has 0 saturated carbocycles. The topological polar surface area (TPSA) is 47.6 Å². The summed E-state index contributed by atoms with van der Waals surface area (Å²) in [6, 6.07) is 22.3. The number of hydrogen-bond acceptors (Lipinski definition) is 3. The molecular formula is C24H24ClNO3. The Kier molecular flexibility index (Phi) is 7.14. The lowest BCUT2D eigenvalue weighted by Gasteiger charge is -2.19. The minimum Gasteiger partial charge on any atom is -0.481 e. The quantitative estimate of drug-likeness (QED) is 0.462. The Labute approximate surface area is 176 Å². The second-order valence-corrected chi connectivity index (χ2v) is 6.99. The first-order valence-electron chi connectivity index (χ1n) is 9.68. The third-order valence-electron chi connectivity index (χ3n) is 4.44. The van der Waals surface area contributed by atoms with Crippen LogP contribution in [-0.4, -0.2) is 12.0 Å². The van der Waals surface area contributed by atoms with E-state index < -0.39 is 6.10 Å². The summed E-state index contributed by atoms with van der Waals surface area (Å²) in [6.07, 6.45) is 0.847. The zero-order valence-electron chi connectivity index (χ0n) is 16.5. The summed E-state index contributed by atoms with van der Waals surface area (Å²) in [4.78, 5) is 12.9. The average Bonchev–Trinajstić information content (AvgIpc) is 2.75. The van der Waals surface area contributed by atoms with Crippen LogP contribution >= 0.6 is 11.6 Å². The first-order chi connectivity index (χ1) is 14.1. The molecule has 29 heavy (non-hydrogen) atoms. The van der Waals surface area contributed by atoms with E-state index in [0.717, 1.165) is 6.42 Å². The Morgan fingerprint density at radius 3 is 2.34 bits per heavy atom. The Morgan fingerprint density at radius 1 is 0.966 bits per heavy atom. The van der Waals surface area contributed by atoms with Crippen molar-refractivity contribution < 1.29 is 14.3 Å². The highest BCUT2D eigenvalue weighted by molar-refractivity contribution is 6.31. The Hall–Kier alpha value is -2.98. The van der Waals surface area contributed by atoms with Crippen molar-refractivity contribution in [3.63, 3.8) is 0 Å². The van der Waals surface area contributed by atoms with E-state index in [4.69, 9.17) is 21.1 Å². The molecule has 0 saturated heterocycles. The standard InChI is InChI=1S/C24H24ClNO3/c1-3-17-10-13-20(14-11-17)28-22(4-2)24(27)26-21-16-18(25)12-15-23(21)29-19-8-6-5-7-9-19/h5-16,22H,3-4H2,1-2H3,(H,26,27)/t22-/m1/s1. The van der Waals surface area contributed by atoms with Crippen LogP contribution in [0.25, 0.3) is 0 Å². The zero-order valence-corrected chi connectivity index (χ0v) is 17.3. The van der Waals surface area contributed by atoms with E-state index in [-0.39, 0.29) is 5.91 Å². The van der Waals surface area contributed by atoms with E-state index in [2.05, 4.69) is 12.2 Å². The van der Waals surface area contributed by atoms with Crippen LogP contribution in [0.15, 0.2) is 72.8 Å². The lowest BCUT2D eigenvalue weighted by Crippen LogP contribution is -2.32. The summed E-state index contributed by atoms with van der Waals surface area (Å²) in [7, 11) is 0. The number of rotatable bonds is 8. The number of halogens is 1. The molecule has 0 bridgehead atoms. The molecule has 0 spiro atoms. The summed E-state index contributed by atoms with van der Waals surface area (Å²) in [6.45, 7) is 4.00. The van der Waals surface area contributed by atoms with Gasteiger partial charge in [-0.3, -0.25) is 4.79 Å². The van der Waals surface area contributed by atoms with Crippen molar-refractivity contribution in [1.29, 1.82) is 0 Å². The van der Waals surface area contributed by atoms with Crippen LogP contribution < -0.4 is 14.8 Å². The number of benzene rings is 3. The molecule has 0 radical (unpaired) electrons. The van der Waals surface area contributed by atoms with Gasteiger partial charge in [-0.05, 0) is 60.9 Å². The molecule has 0 heterocycles. The molecule has 3 aromatic rings. The average molecular weight is 410 g/mol.